The molecule has 0 saturated carbocycles. The summed E-state index contributed by atoms with van der Waals surface area (Å²) in [5, 5.41) is 20.4. The van der Waals surface area contributed by atoms with Crippen LogP contribution >= 0.6 is 0 Å². The Labute approximate surface area is 142 Å². The minimum absolute atomic E-state index is 0.0498. The molecule has 2 aromatic rings. The van der Waals surface area contributed by atoms with Crippen LogP contribution < -0.4 is 5.32 Å². The predicted octanol–water partition coefficient (Wildman–Crippen LogP) is 2.11. The van der Waals surface area contributed by atoms with Gasteiger partial charge in [-0.15, -0.1) is 10.2 Å². The van der Waals surface area contributed by atoms with E-state index in [1.54, 1.807) is 6.33 Å². The van der Waals surface area contributed by atoms with Gasteiger partial charge in [0.15, 0.2) is 0 Å². The lowest BCUT2D eigenvalue weighted by Crippen LogP contribution is -2.40. The van der Waals surface area contributed by atoms with E-state index in [4.69, 9.17) is 0 Å². The van der Waals surface area contributed by atoms with Gasteiger partial charge in [0.2, 0.25) is 5.91 Å². The van der Waals surface area contributed by atoms with E-state index in [1.807, 2.05) is 34.9 Å². The van der Waals surface area contributed by atoms with E-state index in [1.165, 1.54) is 0 Å². The van der Waals surface area contributed by atoms with Crippen molar-refractivity contribution in [2.45, 2.75) is 46.1 Å². The van der Waals surface area contributed by atoms with Gasteiger partial charge in [0, 0.05) is 18.5 Å². The van der Waals surface area contributed by atoms with Crippen molar-refractivity contribution in [3.63, 3.8) is 0 Å². The number of aliphatic hydroxyl groups excluding tert-OH is 1. The van der Waals surface area contributed by atoms with Crippen LogP contribution in [0.15, 0.2) is 36.7 Å². The highest BCUT2D eigenvalue weighted by Crippen LogP contribution is 2.20. The summed E-state index contributed by atoms with van der Waals surface area (Å²) in [6.45, 7) is 6.21. The summed E-state index contributed by atoms with van der Waals surface area (Å²) in [7, 11) is 0. The van der Waals surface area contributed by atoms with Gasteiger partial charge >= 0.3 is 0 Å². The van der Waals surface area contributed by atoms with Crippen LogP contribution in [-0.2, 0) is 11.2 Å². The first-order valence-corrected chi connectivity index (χ1v) is 8.23. The fourth-order valence-corrected chi connectivity index (χ4v) is 2.66. The molecular formula is C18H26N4O2. The molecule has 0 saturated heterocycles. The number of para-hydroxylation sites is 1. The van der Waals surface area contributed by atoms with Crippen LogP contribution in [0.5, 0.6) is 0 Å². The Balaban J connectivity index is 1.92. The van der Waals surface area contributed by atoms with Crippen molar-refractivity contribution in [1.82, 2.24) is 20.1 Å². The van der Waals surface area contributed by atoms with Gasteiger partial charge in [0.05, 0.1) is 12.6 Å². The number of hydrogen-bond donors (Lipinski definition) is 2. The molecule has 130 valence electrons. The van der Waals surface area contributed by atoms with Crippen LogP contribution in [0.2, 0.25) is 0 Å². The lowest BCUT2D eigenvalue weighted by atomic mass is 9.88. The van der Waals surface area contributed by atoms with Crippen molar-refractivity contribution >= 4 is 5.91 Å². The number of amides is 1. The molecule has 0 aliphatic heterocycles. The fourth-order valence-electron chi connectivity index (χ4n) is 2.66. The maximum atomic E-state index is 12.2. The summed E-state index contributed by atoms with van der Waals surface area (Å²) in [6, 6.07) is 9.57. The number of hydrogen-bond acceptors (Lipinski definition) is 4. The van der Waals surface area contributed by atoms with Crippen LogP contribution in [0.25, 0.3) is 5.69 Å². The van der Waals surface area contributed by atoms with E-state index in [0.717, 1.165) is 17.9 Å². The molecule has 0 spiro atoms. The molecule has 0 radical (unpaired) electrons. The minimum Gasteiger partial charge on any atom is -0.394 e. The number of aliphatic hydroxyl groups is 1. The average molecular weight is 330 g/mol. The van der Waals surface area contributed by atoms with E-state index < -0.39 is 0 Å². The lowest BCUT2D eigenvalue weighted by molar-refractivity contribution is -0.122. The zero-order chi connectivity index (χ0) is 17.6. The largest absolute Gasteiger partial charge is 0.394 e. The highest BCUT2D eigenvalue weighted by molar-refractivity contribution is 5.76. The summed E-state index contributed by atoms with van der Waals surface area (Å²) < 4.78 is 1.88. The molecule has 6 nitrogen and oxygen atoms in total. The maximum Gasteiger partial charge on any atom is 0.220 e. The molecular weight excluding hydrogens is 304 g/mol. The molecule has 0 aliphatic rings. The molecule has 2 rings (SSSR count). The molecule has 1 aromatic heterocycles. The maximum absolute atomic E-state index is 12.2. The quantitative estimate of drug-likeness (QED) is 0.815. The predicted molar refractivity (Wildman–Crippen MR) is 92.8 cm³/mol. The first-order chi connectivity index (χ1) is 11.4. The van der Waals surface area contributed by atoms with Gasteiger partial charge in [0.25, 0.3) is 0 Å². The minimum atomic E-state index is -0.218. The summed E-state index contributed by atoms with van der Waals surface area (Å²) in [5.74, 6) is 0.661. The number of aryl methyl sites for hydroxylation is 1. The number of aromatic nitrogens is 3. The Kier molecular flexibility index (Phi) is 6.09. The van der Waals surface area contributed by atoms with Gasteiger partial charge in [-0.1, -0.05) is 39.0 Å². The zero-order valence-electron chi connectivity index (χ0n) is 14.6. The average Bonchev–Trinajstić information content (AvgIpc) is 3.00. The number of carbonyl (C=O) groups excluding carboxylic acids is 1. The number of benzene rings is 1. The monoisotopic (exact) mass is 330 g/mol. The number of nitrogens with one attached hydrogen (secondary N) is 1. The third kappa shape index (κ3) is 5.45. The van der Waals surface area contributed by atoms with Gasteiger partial charge in [0.1, 0.15) is 12.2 Å². The molecule has 1 atom stereocenters. The molecule has 0 fully saturated rings. The van der Waals surface area contributed by atoms with Crippen LogP contribution in [0, 0.1) is 5.41 Å². The van der Waals surface area contributed by atoms with Crippen LogP contribution in [0.1, 0.15) is 39.4 Å². The summed E-state index contributed by atoms with van der Waals surface area (Å²) in [5.41, 5.74) is 1.02. The summed E-state index contributed by atoms with van der Waals surface area (Å²) >= 11 is 0. The van der Waals surface area contributed by atoms with Gasteiger partial charge in [-0.25, -0.2) is 0 Å². The molecule has 24 heavy (non-hydrogen) atoms. The van der Waals surface area contributed by atoms with E-state index in [9.17, 15) is 9.90 Å². The molecule has 1 amide bonds. The van der Waals surface area contributed by atoms with Gasteiger partial charge < -0.3 is 10.4 Å². The zero-order valence-corrected chi connectivity index (χ0v) is 14.6. The summed E-state index contributed by atoms with van der Waals surface area (Å²) in [4.78, 5) is 12.2. The summed E-state index contributed by atoms with van der Waals surface area (Å²) in [6.07, 6.45) is 3.19. The SMILES string of the molecule is CC(C)(C)CC(CO)NC(=O)CCc1nncn1-c1ccccc1. The Morgan fingerprint density at radius 3 is 2.62 bits per heavy atom. The molecule has 6 heteroatoms. The molecule has 2 N–H and O–H groups in total. The number of carbonyl (C=O) groups is 1. The van der Waals surface area contributed by atoms with Crippen molar-refractivity contribution in [1.29, 1.82) is 0 Å². The second-order valence-electron chi connectivity index (χ2n) is 7.16. The Morgan fingerprint density at radius 2 is 2.00 bits per heavy atom. The second-order valence-corrected chi connectivity index (χ2v) is 7.16. The standard InChI is InChI=1S/C18H26N4O2/c1-18(2,3)11-14(12-23)20-17(24)10-9-16-21-19-13-22(16)15-7-5-4-6-8-15/h4-8,13-14,23H,9-12H2,1-3H3,(H,20,24). The van der Waals surface area contributed by atoms with Crippen LogP contribution in [-0.4, -0.2) is 38.4 Å². The van der Waals surface area contributed by atoms with E-state index in [0.29, 0.717) is 12.8 Å². The molecule has 1 unspecified atom stereocenters. The highest BCUT2D eigenvalue weighted by Gasteiger charge is 2.20. The molecule has 1 aromatic carbocycles. The molecule has 0 aliphatic carbocycles. The van der Waals surface area contributed by atoms with Crippen molar-refractivity contribution in [3.05, 3.63) is 42.5 Å². The van der Waals surface area contributed by atoms with Crippen LogP contribution in [0.4, 0.5) is 0 Å². The Hall–Kier alpha value is -2.21. The third-order valence-corrected chi connectivity index (χ3v) is 3.67. The number of rotatable bonds is 7. The third-order valence-electron chi connectivity index (χ3n) is 3.67. The Morgan fingerprint density at radius 1 is 1.29 bits per heavy atom. The lowest BCUT2D eigenvalue weighted by Gasteiger charge is -2.25. The normalized spacial score (nSPS) is 12.8. The van der Waals surface area contributed by atoms with Gasteiger partial charge in [-0.3, -0.25) is 9.36 Å². The molecule has 0 bridgehead atoms. The van der Waals surface area contributed by atoms with E-state index >= 15 is 0 Å². The van der Waals surface area contributed by atoms with E-state index in [2.05, 4.69) is 36.3 Å². The van der Waals surface area contributed by atoms with Crippen molar-refractivity contribution < 1.29 is 9.90 Å². The van der Waals surface area contributed by atoms with Crippen molar-refractivity contribution in [2.75, 3.05) is 6.61 Å². The first kappa shape index (κ1) is 18.1. The number of nitrogens with zero attached hydrogens (tertiary/aromatic N) is 3. The van der Waals surface area contributed by atoms with Gasteiger partial charge in [-0.2, -0.15) is 0 Å². The first-order valence-electron chi connectivity index (χ1n) is 8.23. The van der Waals surface area contributed by atoms with E-state index in [-0.39, 0.29) is 24.0 Å². The van der Waals surface area contributed by atoms with Gasteiger partial charge in [-0.05, 0) is 24.0 Å². The fraction of sp³-hybridized carbons (Fsp3) is 0.500. The second kappa shape index (κ2) is 8.06. The van der Waals surface area contributed by atoms with Crippen LogP contribution in [0.3, 0.4) is 0 Å². The highest BCUT2D eigenvalue weighted by atomic mass is 16.3. The topological polar surface area (TPSA) is 80.0 Å². The van der Waals surface area contributed by atoms with Crippen molar-refractivity contribution in [2.24, 2.45) is 5.41 Å². The smallest absolute Gasteiger partial charge is 0.220 e. The van der Waals surface area contributed by atoms with Crippen molar-refractivity contribution in [3.8, 4) is 5.69 Å². The Bertz CT molecular complexity index is 647. The molecule has 1 heterocycles.